The van der Waals surface area contributed by atoms with Gasteiger partial charge in [-0.25, -0.2) is 8.42 Å². The van der Waals surface area contributed by atoms with E-state index >= 15 is 0 Å². The Morgan fingerprint density at radius 2 is 1.57 bits per heavy atom. The molecule has 0 saturated heterocycles. The van der Waals surface area contributed by atoms with E-state index in [1.165, 1.54) is 12.1 Å². The first-order chi connectivity index (χ1) is 14.3. The standard InChI is InChI=1S/C21H19N3O5S/c1-2-23(18-6-4-3-5-7-18)21(25)16-8-10-17(11-9-16)22-30(28,29)20-14-12-19(13-15-20)24(26)27/h3-15,22H,2H2,1H3. The van der Waals surface area contributed by atoms with Gasteiger partial charge in [-0.3, -0.25) is 19.6 Å². The lowest BCUT2D eigenvalue weighted by molar-refractivity contribution is -0.384. The summed E-state index contributed by atoms with van der Waals surface area (Å²) in [5, 5.41) is 10.7. The molecule has 1 N–H and O–H groups in total. The maximum atomic E-state index is 12.8. The minimum atomic E-state index is -3.92. The summed E-state index contributed by atoms with van der Waals surface area (Å²) in [6, 6.07) is 19.9. The summed E-state index contributed by atoms with van der Waals surface area (Å²) in [5.41, 5.74) is 1.26. The number of carbonyl (C=O) groups excluding carboxylic acids is 1. The van der Waals surface area contributed by atoms with Gasteiger partial charge in [0, 0.05) is 35.6 Å². The number of nitro groups is 1. The molecule has 30 heavy (non-hydrogen) atoms. The first-order valence-electron chi connectivity index (χ1n) is 9.06. The predicted octanol–water partition coefficient (Wildman–Crippen LogP) is 4.06. The average Bonchev–Trinajstić information content (AvgIpc) is 2.75. The van der Waals surface area contributed by atoms with Gasteiger partial charge in [0.1, 0.15) is 0 Å². The smallest absolute Gasteiger partial charge is 0.269 e. The first-order valence-corrected chi connectivity index (χ1v) is 10.5. The zero-order chi connectivity index (χ0) is 21.7. The van der Waals surface area contributed by atoms with Gasteiger partial charge in [0.05, 0.1) is 9.82 Å². The molecule has 0 heterocycles. The number of sulfonamides is 1. The van der Waals surface area contributed by atoms with Crippen LogP contribution in [0.4, 0.5) is 17.1 Å². The Morgan fingerprint density at radius 3 is 2.10 bits per heavy atom. The fourth-order valence-electron chi connectivity index (χ4n) is 2.85. The molecule has 0 bridgehead atoms. The molecule has 0 unspecified atom stereocenters. The van der Waals surface area contributed by atoms with E-state index in [1.54, 1.807) is 17.0 Å². The van der Waals surface area contributed by atoms with Gasteiger partial charge in [-0.05, 0) is 55.5 Å². The third kappa shape index (κ3) is 4.64. The second-order valence-corrected chi connectivity index (χ2v) is 8.00. The van der Waals surface area contributed by atoms with Gasteiger partial charge in [-0.2, -0.15) is 0 Å². The van der Waals surface area contributed by atoms with Gasteiger partial charge in [0.15, 0.2) is 0 Å². The van der Waals surface area contributed by atoms with Crippen LogP contribution >= 0.6 is 0 Å². The number of rotatable bonds is 7. The summed E-state index contributed by atoms with van der Waals surface area (Å²) in [6.07, 6.45) is 0. The van der Waals surface area contributed by atoms with Gasteiger partial charge in [-0.1, -0.05) is 18.2 Å². The SMILES string of the molecule is CCN(C(=O)c1ccc(NS(=O)(=O)c2ccc([N+](=O)[O-])cc2)cc1)c1ccccc1. The Kier molecular flexibility index (Phi) is 6.12. The number of nitrogens with zero attached hydrogens (tertiary/aromatic N) is 2. The number of non-ortho nitro benzene ring substituents is 1. The molecule has 3 aromatic carbocycles. The maximum Gasteiger partial charge on any atom is 0.269 e. The van der Waals surface area contributed by atoms with E-state index in [9.17, 15) is 23.3 Å². The monoisotopic (exact) mass is 425 g/mol. The van der Waals surface area contributed by atoms with Crippen LogP contribution in [0.25, 0.3) is 0 Å². The Balaban J connectivity index is 1.76. The molecule has 0 spiro atoms. The van der Waals surface area contributed by atoms with Gasteiger partial charge in [0.2, 0.25) is 0 Å². The van der Waals surface area contributed by atoms with Crippen LogP contribution in [0, 0.1) is 10.1 Å². The molecule has 0 atom stereocenters. The molecule has 8 nitrogen and oxygen atoms in total. The molecular formula is C21H19N3O5S. The number of amides is 1. The maximum absolute atomic E-state index is 12.8. The van der Waals surface area contributed by atoms with Crippen molar-refractivity contribution in [3.8, 4) is 0 Å². The molecule has 0 saturated carbocycles. The van der Waals surface area contributed by atoms with Crippen molar-refractivity contribution < 1.29 is 18.1 Å². The molecule has 0 fully saturated rings. The molecule has 0 aliphatic carbocycles. The van der Waals surface area contributed by atoms with Crippen molar-refractivity contribution in [2.24, 2.45) is 0 Å². The van der Waals surface area contributed by atoms with Crippen LogP contribution in [0.3, 0.4) is 0 Å². The lowest BCUT2D eigenvalue weighted by Crippen LogP contribution is -2.30. The summed E-state index contributed by atoms with van der Waals surface area (Å²) >= 11 is 0. The van der Waals surface area contributed by atoms with Gasteiger partial charge in [0.25, 0.3) is 21.6 Å². The number of hydrogen-bond donors (Lipinski definition) is 1. The van der Waals surface area contributed by atoms with Crippen LogP contribution < -0.4 is 9.62 Å². The highest BCUT2D eigenvalue weighted by atomic mass is 32.2. The van der Waals surface area contributed by atoms with Crippen molar-refractivity contribution in [1.82, 2.24) is 0 Å². The van der Waals surface area contributed by atoms with Crippen LogP contribution in [0.15, 0.2) is 83.8 Å². The summed E-state index contributed by atoms with van der Waals surface area (Å²) in [5.74, 6) is -0.200. The second kappa shape index (κ2) is 8.75. The molecule has 154 valence electrons. The third-order valence-corrected chi connectivity index (χ3v) is 5.77. The largest absolute Gasteiger partial charge is 0.309 e. The summed E-state index contributed by atoms with van der Waals surface area (Å²) < 4.78 is 27.4. The molecule has 9 heteroatoms. The number of carbonyl (C=O) groups is 1. The van der Waals surface area contributed by atoms with Gasteiger partial charge >= 0.3 is 0 Å². The number of nitrogens with one attached hydrogen (secondary N) is 1. The van der Waals surface area contributed by atoms with Crippen molar-refractivity contribution in [2.75, 3.05) is 16.2 Å². The normalized spacial score (nSPS) is 11.0. The Bertz CT molecular complexity index is 1150. The lowest BCUT2D eigenvalue weighted by atomic mass is 10.1. The van der Waals surface area contributed by atoms with E-state index in [4.69, 9.17) is 0 Å². The topological polar surface area (TPSA) is 110 Å². The fraction of sp³-hybridized carbons (Fsp3) is 0.0952. The van der Waals surface area contributed by atoms with Gasteiger partial charge < -0.3 is 4.90 Å². The molecule has 0 aliphatic heterocycles. The molecule has 1 amide bonds. The summed E-state index contributed by atoms with van der Waals surface area (Å²) in [7, 11) is -3.92. The molecule has 3 rings (SSSR count). The molecule has 3 aromatic rings. The minimum Gasteiger partial charge on any atom is -0.309 e. The predicted molar refractivity (Wildman–Crippen MR) is 114 cm³/mol. The zero-order valence-electron chi connectivity index (χ0n) is 16.1. The number of anilines is 2. The molecule has 0 aliphatic rings. The minimum absolute atomic E-state index is 0.102. The zero-order valence-corrected chi connectivity index (χ0v) is 16.9. The van der Waals surface area contributed by atoms with Gasteiger partial charge in [-0.15, -0.1) is 0 Å². The van der Waals surface area contributed by atoms with E-state index in [2.05, 4.69) is 4.72 Å². The number of benzene rings is 3. The third-order valence-electron chi connectivity index (χ3n) is 4.37. The lowest BCUT2D eigenvalue weighted by Gasteiger charge is -2.21. The van der Waals surface area contributed by atoms with Crippen molar-refractivity contribution in [3.05, 3.63) is 94.5 Å². The number of para-hydroxylation sites is 1. The highest BCUT2D eigenvalue weighted by Crippen LogP contribution is 2.21. The Morgan fingerprint density at radius 1 is 0.967 bits per heavy atom. The Hall–Kier alpha value is -3.72. The van der Waals surface area contributed by atoms with Crippen LogP contribution in [-0.4, -0.2) is 25.8 Å². The van der Waals surface area contributed by atoms with E-state index in [0.29, 0.717) is 12.1 Å². The number of hydrogen-bond acceptors (Lipinski definition) is 5. The first kappa shape index (κ1) is 21.0. The van der Waals surface area contributed by atoms with Crippen LogP contribution in [0.2, 0.25) is 0 Å². The van der Waals surface area contributed by atoms with Crippen molar-refractivity contribution in [3.63, 3.8) is 0 Å². The van der Waals surface area contributed by atoms with Crippen molar-refractivity contribution in [1.29, 1.82) is 0 Å². The van der Waals surface area contributed by atoms with E-state index < -0.39 is 14.9 Å². The van der Waals surface area contributed by atoms with E-state index in [-0.39, 0.29) is 22.2 Å². The molecule has 0 aromatic heterocycles. The van der Waals surface area contributed by atoms with Crippen LogP contribution in [0.1, 0.15) is 17.3 Å². The van der Waals surface area contributed by atoms with Crippen LogP contribution in [-0.2, 0) is 10.0 Å². The van der Waals surface area contributed by atoms with Crippen molar-refractivity contribution >= 4 is 33.0 Å². The average molecular weight is 425 g/mol. The fourth-order valence-corrected chi connectivity index (χ4v) is 3.91. The summed E-state index contributed by atoms with van der Waals surface area (Å²) in [6.45, 7) is 2.36. The second-order valence-electron chi connectivity index (χ2n) is 6.32. The van der Waals surface area contributed by atoms with Crippen molar-refractivity contribution in [2.45, 2.75) is 11.8 Å². The van der Waals surface area contributed by atoms with E-state index in [1.807, 2.05) is 37.3 Å². The molecular weight excluding hydrogens is 406 g/mol. The van der Waals surface area contributed by atoms with E-state index in [0.717, 1.165) is 30.0 Å². The summed E-state index contributed by atoms with van der Waals surface area (Å²) in [4.78, 5) is 24.4. The highest BCUT2D eigenvalue weighted by molar-refractivity contribution is 7.92. The Labute approximate surface area is 174 Å². The quantitative estimate of drug-likeness (QED) is 0.453. The molecule has 0 radical (unpaired) electrons. The van der Waals surface area contributed by atoms with Crippen LogP contribution in [0.5, 0.6) is 0 Å². The number of nitro benzene ring substituents is 1. The highest BCUT2D eigenvalue weighted by Gasteiger charge is 2.18.